The third-order valence-electron chi connectivity index (χ3n) is 3.78. The summed E-state index contributed by atoms with van der Waals surface area (Å²) < 4.78 is 6.65. The molecular weight excluding hydrogens is 340 g/mol. The molecule has 0 fully saturated rings. The molecule has 1 unspecified atom stereocenters. The van der Waals surface area contributed by atoms with Crippen LogP contribution in [0.15, 0.2) is 30.3 Å². The fraction of sp³-hybridized carbons (Fsp3) is 0.353. The zero-order chi connectivity index (χ0) is 17.8. The van der Waals surface area contributed by atoms with Crippen molar-refractivity contribution >= 4 is 29.4 Å². The molecule has 132 valence electrons. The lowest BCUT2D eigenvalue weighted by Gasteiger charge is -2.14. The minimum Gasteiger partial charge on any atom is -0.383 e. The molecule has 1 aliphatic rings. The summed E-state index contributed by atoms with van der Waals surface area (Å²) in [6.07, 6.45) is 0. The number of anilines is 1. The molecule has 0 saturated carbocycles. The predicted molar refractivity (Wildman–Crippen MR) is 96.7 cm³/mol. The molecule has 0 aliphatic carbocycles. The van der Waals surface area contributed by atoms with Crippen LogP contribution < -0.4 is 10.6 Å². The minimum atomic E-state index is -0.709. The number of carbonyl (C=O) groups is 2. The van der Waals surface area contributed by atoms with Crippen LogP contribution in [-0.4, -0.2) is 41.4 Å². The van der Waals surface area contributed by atoms with Gasteiger partial charge in [-0.15, -0.1) is 0 Å². The van der Waals surface area contributed by atoms with Crippen LogP contribution in [0, 0.1) is 0 Å². The molecule has 3 rings (SSSR count). The van der Waals surface area contributed by atoms with Gasteiger partial charge in [0.1, 0.15) is 5.82 Å². The highest BCUT2D eigenvalue weighted by Crippen LogP contribution is 2.35. The Balaban J connectivity index is 1.82. The SMILES string of the molecule is COCC(C)NC(=O)C(=O)Nc1c2c(nn1-c1ccccc1)CSC2. The maximum atomic E-state index is 12.3. The van der Waals surface area contributed by atoms with E-state index in [-0.39, 0.29) is 6.04 Å². The Morgan fingerprint density at radius 2 is 2.04 bits per heavy atom. The number of carbonyl (C=O) groups excluding carboxylic acids is 2. The van der Waals surface area contributed by atoms with Crippen molar-refractivity contribution in [3.63, 3.8) is 0 Å². The Labute approximate surface area is 150 Å². The van der Waals surface area contributed by atoms with Crippen molar-refractivity contribution in [3.05, 3.63) is 41.6 Å². The maximum Gasteiger partial charge on any atom is 0.314 e. The van der Waals surface area contributed by atoms with Crippen molar-refractivity contribution in [2.75, 3.05) is 19.0 Å². The smallest absolute Gasteiger partial charge is 0.314 e. The Kier molecular flexibility index (Phi) is 5.40. The topological polar surface area (TPSA) is 85.2 Å². The van der Waals surface area contributed by atoms with Gasteiger partial charge >= 0.3 is 11.8 Å². The lowest BCUT2D eigenvalue weighted by Crippen LogP contribution is -2.42. The van der Waals surface area contributed by atoms with E-state index >= 15 is 0 Å². The van der Waals surface area contributed by atoms with E-state index in [1.165, 1.54) is 0 Å². The Bertz CT molecular complexity index is 776. The van der Waals surface area contributed by atoms with Gasteiger partial charge in [0.2, 0.25) is 0 Å². The summed E-state index contributed by atoms with van der Waals surface area (Å²) in [7, 11) is 1.54. The summed E-state index contributed by atoms with van der Waals surface area (Å²) in [6, 6.07) is 9.30. The molecule has 1 aromatic carbocycles. The number of methoxy groups -OCH3 is 1. The van der Waals surface area contributed by atoms with Gasteiger partial charge in [-0.25, -0.2) is 4.68 Å². The first-order chi connectivity index (χ1) is 12.1. The molecule has 8 heteroatoms. The number of hydrogen-bond acceptors (Lipinski definition) is 5. The van der Waals surface area contributed by atoms with E-state index in [0.29, 0.717) is 12.4 Å². The highest BCUT2D eigenvalue weighted by atomic mass is 32.2. The van der Waals surface area contributed by atoms with Gasteiger partial charge in [-0.1, -0.05) is 18.2 Å². The zero-order valence-corrected chi connectivity index (χ0v) is 14.9. The van der Waals surface area contributed by atoms with Crippen LogP contribution in [0.1, 0.15) is 18.2 Å². The number of benzene rings is 1. The van der Waals surface area contributed by atoms with Crippen LogP contribution in [0.5, 0.6) is 0 Å². The zero-order valence-electron chi connectivity index (χ0n) is 14.1. The van der Waals surface area contributed by atoms with E-state index in [9.17, 15) is 9.59 Å². The molecule has 1 aliphatic heterocycles. The summed E-state index contributed by atoms with van der Waals surface area (Å²) in [5.41, 5.74) is 2.75. The number of para-hydroxylation sites is 1. The van der Waals surface area contributed by atoms with E-state index < -0.39 is 11.8 Å². The number of fused-ring (bicyclic) bond motifs is 1. The normalized spacial score (nSPS) is 14.0. The third kappa shape index (κ3) is 3.85. The van der Waals surface area contributed by atoms with E-state index in [1.54, 1.807) is 30.5 Å². The highest BCUT2D eigenvalue weighted by Gasteiger charge is 2.26. The summed E-state index contributed by atoms with van der Waals surface area (Å²) in [6.45, 7) is 2.12. The Hall–Kier alpha value is -2.32. The lowest BCUT2D eigenvalue weighted by molar-refractivity contribution is -0.136. The van der Waals surface area contributed by atoms with Crippen molar-refractivity contribution in [2.24, 2.45) is 0 Å². The van der Waals surface area contributed by atoms with Gasteiger partial charge in [0, 0.05) is 30.2 Å². The number of nitrogens with one attached hydrogen (secondary N) is 2. The van der Waals surface area contributed by atoms with Crippen LogP contribution in [-0.2, 0) is 25.8 Å². The van der Waals surface area contributed by atoms with Crippen LogP contribution in [0.3, 0.4) is 0 Å². The van der Waals surface area contributed by atoms with Crippen LogP contribution in [0.25, 0.3) is 5.69 Å². The molecule has 7 nitrogen and oxygen atoms in total. The van der Waals surface area contributed by atoms with Gasteiger partial charge in [0.05, 0.1) is 18.0 Å². The third-order valence-corrected chi connectivity index (χ3v) is 4.76. The average Bonchev–Trinajstić information content (AvgIpc) is 3.18. The molecule has 0 bridgehead atoms. The fourth-order valence-electron chi connectivity index (χ4n) is 2.64. The van der Waals surface area contributed by atoms with Crippen molar-refractivity contribution in [3.8, 4) is 5.69 Å². The molecular formula is C17H20N4O3S. The summed E-state index contributed by atoms with van der Waals surface area (Å²) in [4.78, 5) is 24.4. The standard InChI is InChI=1S/C17H20N4O3S/c1-11(8-24-2)18-16(22)17(23)19-15-13-9-25-10-14(13)20-21(15)12-6-4-3-5-7-12/h3-7,11H,8-10H2,1-2H3,(H,18,22)(H,19,23). The monoisotopic (exact) mass is 360 g/mol. The molecule has 25 heavy (non-hydrogen) atoms. The maximum absolute atomic E-state index is 12.3. The fourth-order valence-corrected chi connectivity index (χ4v) is 3.68. The Morgan fingerprint density at radius 3 is 2.76 bits per heavy atom. The molecule has 2 N–H and O–H groups in total. The molecule has 1 atom stereocenters. The molecule has 2 aromatic rings. The van der Waals surface area contributed by atoms with Crippen LogP contribution in [0.4, 0.5) is 5.82 Å². The van der Waals surface area contributed by atoms with Crippen molar-refractivity contribution in [1.82, 2.24) is 15.1 Å². The van der Waals surface area contributed by atoms with Gasteiger partial charge in [0.25, 0.3) is 0 Å². The lowest BCUT2D eigenvalue weighted by atomic mass is 10.2. The van der Waals surface area contributed by atoms with E-state index in [4.69, 9.17) is 4.74 Å². The number of amides is 2. The minimum absolute atomic E-state index is 0.247. The van der Waals surface area contributed by atoms with Crippen LogP contribution >= 0.6 is 11.8 Å². The largest absolute Gasteiger partial charge is 0.383 e. The van der Waals surface area contributed by atoms with E-state index in [2.05, 4.69) is 15.7 Å². The molecule has 0 radical (unpaired) electrons. The number of thioether (sulfide) groups is 1. The van der Waals surface area contributed by atoms with E-state index in [1.807, 2.05) is 30.3 Å². The van der Waals surface area contributed by atoms with Crippen molar-refractivity contribution < 1.29 is 14.3 Å². The average molecular weight is 360 g/mol. The van der Waals surface area contributed by atoms with E-state index in [0.717, 1.165) is 28.5 Å². The summed E-state index contributed by atoms with van der Waals surface area (Å²) in [5, 5.41) is 9.93. The van der Waals surface area contributed by atoms with Gasteiger partial charge in [-0.05, 0) is 19.1 Å². The quantitative estimate of drug-likeness (QED) is 0.793. The van der Waals surface area contributed by atoms with Gasteiger partial charge in [-0.2, -0.15) is 16.9 Å². The van der Waals surface area contributed by atoms with Gasteiger partial charge < -0.3 is 15.4 Å². The summed E-state index contributed by atoms with van der Waals surface area (Å²) in [5.74, 6) is 0.726. The molecule has 2 amide bonds. The second-order valence-corrected chi connectivity index (χ2v) is 6.78. The predicted octanol–water partition coefficient (Wildman–Crippen LogP) is 1.71. The first-order valence-electron chi connectivity index (χ1n) is 7.95. The van der Waals surface area contributed by atoms with Crippen LogP contribution in [0.2, 0.25) is 0 Å². The van der Waals surface area contributed by atoms with Gasteiger partial charge in [-0.3, -0.25) is 9.59 Å². The molecule has 2 heterocycles. The molecule has 1 aromatic heterocycles. The Morgan fingerprint density at radius 1 is 1.28 bits per heavy atom. The highest BCUT2D eigenvalue weighted by molar-refractivity contribution is 7.98. The van der Waals surface area contributed by atoms with Crippen molar-refractivity contribution in [2.45, 2.75) is 24.5 Å². The number of aromatic nitrogens is 2. The number of hydrogen-bond donors (Lipinski definition) is 2. The van der Waals surface area contributed by atoms with Crippen molar-refractivity contribution in [1.29, 1.82) is 0 Å². The first kappa shape index (κ1) is 17.5. The second-order valence-electron chi connectivity index (χ2n) is 5.80. The first-order valence-corrected chi connectivity index (χ1v) is 9.10. The molecule has 0 spiro atoms. The van der Waals surface area contributed by atoms with Gasteiger partial charge in [0.15, 0.2) is 0 Å². The number of nitrogens with zero attached hydrogens (tertiary/aromatic N) is 2. The second kappa shape index (κ2) is 7.71. The number of rotatable bonds is 5. The summed E-state index contributed by atoms with van der Waals surface area (Å²) >= 11 is 1.74. The molecule has 0 saturated heterocycles. The number of ether oxygens (including phenoxy) is 1.